The predicted octanol–water partition coefficient (Wildman–Crippen LogP) is 3.64. The molecule has 2 rings (SSSR count). The molecule has 0 amide bonds. The topological polar surface area (TPSA) is 33.1 Å². The van der Waals surface area contributed by atoms with Gasteiger partial charge in [0.15, 0.2) is 0 Å². The van der Waals surface area contributed by atoms with E-state index < -0.39 is 0 Å². The third-order valence-corrected chi connectivity index (χ3v) is 4.62. The minimum absolute atomic E-state index is 0.166. The lowest BCUT2D eigenvalue weighted by Crippen LogP contribution is -2.04. The fraction of sp³-hybridized carbons (Fsp3) is 0.769. The zero-order valence-corrected chi connectivity index (χ0v) is 10.9. The lowest BCUT2D eigenvalue weighted by atomic mass is 9.90. The Hall–Kier alpha value is -0.410. The minimum atomic E-state index is 0.166. The van der Waals surface area contributed by atoms with Crippen molar-refractivity contribution in [3.8, 4) is 0 Å². The van der Waals surface area contributed by atoms with Crippen LogP contribution in [-0.2, 0) is 13.0 Å². The molecule has 3 heteroatoms. The molecule has 1 heterocycles. The Morgan fingerprint density at radius 3 is 2.69 bits per heavy atom. The van der Waals surface area contributed by atoms with E-state index in [9.17, 15) is 5.11 Å². The van der Waals surface area contributed by atoms with Crippen molar-refractivity contribution in [2.75, 3.05) is 0 Å². The van der Waals surface area contributed by atoms with Crippen LogP contribution < -0.4 is 0 Å². The Morgan fingerprint density at radius 2 is 2.06 bits per heavy atom. The van der Waals surface area contributed by atoms with Gasteiger partial charge in [-0.05, 0) is 19.3 Å². The first-order valence-corrected chi connectivity index (χ1v) is 7.26. The SMILES string of the molecule is CCCc1nc(C2CCCCC2)sc1CO. The van der Waals surface area contributed by atoms with Crippen LogP contribution in [0, 0.1) is 0 Å². The smallest absolute Gasteiger partial charge is 0.0962 e. The predicted molar refractivity (Wildman–Crippen MR) is 67.9 cm³/mol. The van der Waals surface area contributed by atoms with Crippen molar-refractivity contribution in [3.63, 3.8) is 0 Å². The summed E-state index contributed by atoms with van der Waals surface area (Å²) >= 11 is 1.74. The van der Waals surface area contributed by atoms with Crippen LogP contribution in [0.2, 0.25) is 0 Å². The highest BCUT2D eigenvalue weighted by Gasteiger charge is 2.20. The van der Waals surface area contributed by atoms with E-state index in [2.05, 4.69) is 6.92 Å². The highest BCUT2D eigenvalue weighted by atomic mass is 32.1. The number of aliphatic hydroxyl groups excluding tert-OH is 1. The van der Waals surface area contributed by atoms with Crippen LogP contribution in [0.15, 0.2) is 0 Å². The maximum atomic E-state index is 9.33. The highest BCUT2D eigenvalue weighted by molar-refractivity contribution is 7.11. The van der Waals surface area contributed by atoms with Gasteiger partial charge in [-0.2, -0.15) is 0 Å². The summed E-state index contributed by atoms with van der Waals surface area (Å²) in [4.78, 5) is 5.85. The van der Waals surface area contributed by atoms with E-state index in [4.69, 9.17) is 4.98 Å². The van der Waals surface area contributed by atoms with Crippen molar-refractivity contribution in [1.82, 2.24) is 4.98 Å². The molecule has 0 atom stereocenters. The molecule has 1 aliphatic carbocycles. The zero-order chi connectivity index (χ0) is 11.4. The average molecular weight is 239 g/mol. The normalized spacial score (nSPS) is 17.9. The van der Waals surface area contributed by atoms with E-state index in [1.807, 2.05) is 0 Å². The molecular weight excluding hydrogens is 218 g/mol. The van der Waals surface area contributed by atoms with Gasteiger partial charge in [-0.1, -0.05) is 32.6 Å². The van der Waals surface area contributed by atoms with Crippen LogP contribution in [0.3, 0.4) is 0 Å². The zero-order valence-electron chi connectivity index (χ0n) is 10.0. The quantitative estimate of drug-likeness (QED) is 0.870. The standard InChI is InChI=1S/C13H21NOS/c1-2-6-11-12(9-15)16-13(14-11)10-7-4-3-5-8-10/h10,15H,2-9H2,1H3. The number of aliphatic hydroxyl groups is 1. The molecular formula is C13H21NOS. The third kappa shape index (κ3) is 2.64. The summed E-state index contributed by atoms with van der Waals surface area (Å²) in [5.41, 5.74) is 1.15. The molecule has 1 aliphatic rings. The Morgan fingerprint density at radius 1 is 1.31 bits per heavy atom. The molecule has 1 N–H and O–H groups in total. The fourth-order valence-electron chi connectivity index (χ4n) is 2.48. The summed E-state index contributed by atoms with van der Waals surface area (Å²) in [5, 5.41) is 10.6. The van der Waals surface area contributed by atoms with E-state index >= 15 is 0 Å². The molecule has 0 saturated heterocycles. The van der Waals surface area contributed by atoms with Crippen molar-refractivity contribution < 1.29 is 5.11 Å². The van der Waals surface area contributed by atoms with Crippen molar-refractivity contribution >= 4 is 11.3 Å². The summed E-state index contributed by atoms with van der Waals surface area (Å²) in [6.45, 7) is 2.33. The van der Waals surface area contributed by atoms with E-state index in [0.717, 1.165) is 23.4 Å². The summed E-state index contributed by atoms with van der Waals surface area (Å²) in [7, 11) is 0. The molecule has 0 spiro atoms. The molecule has 0 bridgehead atoms. The number of aromatic nitrogens is 1. The number of thiazole rings is 1. The molecule has 1 aromatic rings. The van der Waals surface area contributed by atoms with Crippen LogP contribution in [0.1, 0.15) is 66.9 Å². The van der Waals surface area contributed by atoms with E-state index in [1.54, 1.807) is 11.3 Å². The molecule has 16 heavy (non-hydrogen) atoms. The van der Waals surface area contributed by atoms with E-state index in [0.29, 0.717) is 5.92 Å². The van der Waals surface area contributed by atoms with Gasteiger partial charge < -0.3 is 5.11 Å². The Kier molecular flexibility index (Phi) is 4.36. The number of nitrogens with zero attached hydrogens (tertiary/aromatic N) is 1. The molecule has 90 valence electrons. The first-order chi connectivity index (χ1) is 7.85. The highest BCUT2D eigenvalue weighted by Crippen LogP contribution is 2.36. The summed E-state index contributed by atoms with van der Waals surface area (Å²) in [5.74, 6) is 0.676. The molecule has 0 aliphatic heterocycles. The lowest BCUT2D eigenvalue weighted by molar-refractivity contribution is 0.284. The van der Waals surface area contributed by atoms with E-state index in [-0.39, 0.29) is 6.61 Å². The third-order valence-electron chi connectivity index (χ3n) is 3.38. The van der Waals surface area contributed by atoms with Crippen LogP contribution in [-0.4, -0.2) is 10.1 Å². The van der Waals surface area contributed by atoms with Gasteiger partial charge in [-0.15, -0.1) is 11.3 Å². The maximum absolute atomic E-state index is 9.33. The number of hydrogen-bond acceptors (Lipinski definition) is 3. The lowest BCUT2D eigenvalue weighted by Gasteiger charge is -2.18. The van der Waals surface area contributed by atoms with Crippen molar-refractivity contribution in [1.29, 1.82) is 0 Å². The Balaban J connectivity index is 2.14. The van der Waals surface area contributed by atoms with Gasteiger partial charge in [0.05, 0.1) is 22.2 Å². The van der Waals surface area contributed by atoms with Crippen molar-refractivity contribution in [2.24, 2.45) is 0 Å². The van der Waals surface area contributed by atoms with Crippen molar-refractivity contribution in [3.05, 3.63) is 15.6 Å². The molecule has 0 aromatic carbocycles. The molecule has 1 fully saturated rings. The number of hydrogen-bond donors (Lipinski definition) is 1. The van der Waals surface area contributed by atoms with E-state index in [1.165, 1.54) is 37.1 Å². The van der Waals surface area contributed by atoms with Crippen LogP contribution in [0.25, 0.3) is 0 Å². The molecule has 0 radical (unpaired) electrons. The summed E-state index contributed by atoms with van der Waals surface area (Å²) in [6, 6.07) is 0. The first-order valence-electron chi connectivity index (χ1n) is 6.44. The largest absolute Gasteiger partial charge is 0.391 e. The van der Waals surface area contributed by atoms with Crippen LogP contribution in [0.5, 0.6) is 0 Å². The monoisotopic (exact) mass is 239 g/mol. The average Bonchev–Trinajstić information content (AvgIpc) is 2.74. The second-order valence-electron chi connectivity index (χ2n) is 4.67. The van der Waals surface area contributed by atoms with Gasteiger partial charge in [-0.3, -0.25) is 0 Å². The Bertz CT molecular complexity index is 329. The van der Waals surface area contributed by atoms with Crippen molar-refractivity contribution in [2.45, 2.75) is 64.4 Å². The maximum Gasteiger partial charge on any atom is 0.0962 e. The number of rotatable bonds is 4. The number of aryl methyl sites for hydroxylation is 1. The second-order valence-corrected chi connectivity index (χ2v) is 5.78. The van der Waals surface area contributed by atoms with Crippen LogP contribution in [0.4, 0.5) is 0 Å². The molecule has 2 nitrogen and oxygen atoms in total. The van der Waals surface area contributed by atoms with Gasteiger partial charge in [0, 0.05) is 5.92 Å². The fourth-order valence-corrected chi connectivity index (χ4v) is 3.62. The van der Waals surface area contributed by atoms with Gasteiger partial charge in [-0.25, -0.2) is 4.98 Å². The second kappa shape index (κ2) is 5.78. The van der Waals surface area contributed by atoms with Gasteiger partial charge in [0.1, 0.15) is 0 Å². The first kappa shape index (κ1) is 12.1. The summed E-state index contributed by atoms with van der Waals surface area (Å²) in [6.07, 6.45) is 8.80. The van der Waals surface area contributed by atoms with Crippen LogP contribution >= 0.6 is 11.3 Å². The van der Waals surface area contributed by atoms with Gasteiger partial charge in [0.2, 0.25) is 0 Å². The summed E-state index contributed by atoms with van der Waals surface area (Å²) < 4.78 is 0. The minimum Gasteiger partial charge on any atom is -0.391 e. The molecule has 0 unspecified atom stereocenters. The molecule has 1 aromatic heterocycles. The van der Waals surface area contributed by atoms with Gasteiger partial charge in [0.25, 0.3) is 0 Å². The van der Waals surface area contributed by atoms with Gasteiger partial charge >= 0.3 is 0 Å². The Labute approximate surface area is 102 Å². The molecule has 1 saturated carbocycles.